The van der Waals surface area contributed by atoms with E-state index < -0.39 is 0 Å². The Hall–Kier alpha value is -3.58. The molecule has 0 aliphatic carbocycles. The summed E-state index contributed by atoms with van der Waals surface area (Å²) in [6.07, 6.45) is 4.42. The number of nitrogens with zero attached hydrogens (tertiary/aromatic N) is 3. The first kappa shape index (κ1) is 23.6. The van der Waals surface area contributed by atoms with Crippen molar-refractivity contribution in [3.05, 3.63) is 83.7 Å². The van der Waals surface area contributed by atoms with Crippen molar-refractivity contribution >= 4 is 16.8 Å². The number of hydrogen-bond donors (Lipinski definition) is 1. The zero-order chi connectivity index (χ0) is 23.9. The number of carbonyl (C=O) groups excluding carboxylic acids is 1. The Labute approximate surface area is 200 Å². The van der Waals surface area contributed by atoms with Crippen LogP contribution in [0.1, 0.15) is 41.4 Å². The van der Waals surface area contributed by atoms with Crippen LogP contribution in [-0.4, -0.2) is 52.4 Å². The minimum absolute atomic E-state index is 0.130. The van der Waals surface area contributed by atoms with Crippen LogP contribution in [-0.2, 0) is 19.5 Å². The van der Waals surface area contributed by atoms with E-state index in [4.69, 9.17) is 9.15 Å². The number of fused-ring (bicyclic) bond motifs is 1. The highest BCUT2D eigenvalue weighted by Crippen LogP contribution is 2.20. The number of nitrogens with one attached hydrogen (secondary N) is 1. The standard InChI is InChI=1S/C27H32N4O3/c1-4-30(3)27(32)25-19-34-26(29-25)18-31(17-20-10-12-22(13-11-20)33-5-2)15-14-21-16-28-24-9-7-6-8-23(21)24/h6-13,16,19,28H,4-5,14-15,17-18H2,1-3H3. The number of benzene rings is 2. The lowest BCUT2D eigenvalue weighted by Crippen LogP contribution is -2.27. The Bertz CT molecular complexity index is 1210. The van der Waals surface area contributed by atoms with Crippen molar-refractivity contribution in [2.45, 2.75) is 33.4 Å². The van der Waals surface area contributed by atoms with E-state index in [-0.39, 0.29) is 5.91 Å². The molecule has 0 fully saturated rings. The molecule has 4 rings (SSSR count). The fourth-order valence-corrected chi connectivity index (χ4v) is 3.96. The van der Waals surface area contributed by atoms with Crippen LogP contribution in [0.5, 0.6) is 5.75 Å². The number of H-pyrrole nitrogens is 1. The van der Waals surface area contributed by atoms with Crippen molar-refractivity contribution in [2.75, 3.05) is 26.7 Å². The summed E-state index contributed by atoms with van der Waals surface area (Å²) in [7, 11) is 1.76. The molecule has 0 unspecified atom stereocenters. The smallest absolute Gasteiger partial charge is 0.275 e. The number of aromatic amines is 1. The van der Waals surface area contributed by atoms with Crippen molar-refractivity contribution < 1.29 is 13.9 Å². The molecule has 1 N–H and O–H groups in total. The van der Waals surface area contributed by atoms with Gasteiger partial charge in [-0.3, -0.25) is 9.69 Å². The Kier molecular flexibility index (Phi) is 7.65. The van der Waals surface area contributed by atoms with Crippen LogP contribution < -0.4 is 4.74 Å². The highest BCUT2D eigenvalue weighted by atomic mass is 16.5. The van der Waals surface area contributed by atoms with Gasteiger partial charge in [-0.05, 0) is 49.6 Å². The van der Waals surface area contributed by atoms with Gasteiger partial charge in [0.15, 0.2) is 5.69 Å². The maximum absolute atomic E-state index is 12.4. The molecule has 1 amide bonds. The molecule has 0 spiro atoms. The van der Waals surface area contributed by atoms with Gasteiger partial charge in [0.2, 0.25) is 5.89 Å². The maximum atomic E-state index is 12.4. The summed E-state index contributed by atoms with van der Waals surface area (Å²) < 4.78 is 11.3. The molecule has 0 atom stereocenters. The number of amides is 1. The SMILES string of the molecule is CCOc1ccc(CN(CCc2c[nH]c3ccccc23)Cc2nc(C(=O)N(C)CC)co2)cc1. The first-order chi connectivity index (χ1) is 16.6. The van der Waals surface area contributed by atoms with Gasteiger partial charge in [0.1, 0.15) is 12.0 Å². The van der Waals surface area contributed by atoms with Crippen molar-refractivity contribution in [2.24, 2.45) is 0 Å². The van der Waals surface area contributed by atoms with E-state index >= 15 is 0 Å². The molecule has 0 aliphatic heterocycles. The molecule has 2 heterocycles. The van der Waals surface area contributed by atoms with E-state index in [1.165, 1.54) is 22.8 Å². The molecule has 178 valence electrons. The summed E-state index contributed by atoms with van der Waals surface area (Å²) in [5, 5.41) is 1.25. The average Bonchev–Trinajstić information content (AvgIpc) is 3.50. The predicted octanol–water partition coefficient (Wildman–Crippen LogP) is 4.89. The lowest BCUT2D eigenvalue weighted by molar-refractivity contribution is 0.0796. The van der Waals surface area contributed by atoms with Crippen LogP contribution in [0.25, 0.3) is 10.9 Å². The number of hydrogen-bond acceptors (Lipinski definition) is 5. The van der Waals surface area contributed by atoms with E-state index in [1.54, 1.807) is 11.9 Å². The second kappa shape index (κ2) is 11.0. The fraction of sp³-hybridized carbons (Fsp3) is 0.333. The molecule has 34 heavy (non-hydrogen) atoms. The van der Waals surface area contributed by atoms with E-state index in [1.807, 2.05) is 32.0 Å². The third kappa shape index (κ3) is 5.66. The van der Waals surface area contributed by atoms with Crippen molar-refractivity contribution in [1.82, 2.24) is 19.8 Å². The Morgan fingerprint density at radius 1 is 1.09 bits per heavy atom. The van der Waals surface area contributed by atoms with Gasteiger partial charge in [-0.1, -0.05) is 30.3 Å². The second-order valence-corrected chi connectivity index (χ2v) is 8.34. The topological polar surface area (TPSA) is 74.6 Å². The molecule has 7 heteroatoms. The third-order valence-corrected chi connectivity index (χ3v) is 5.96. The van der Waals surface area contributed by atoms with E-state index in [2.05, 4.69) is 51.4 Å². The van der Waals surface area contributed by atoms with Crippen LogP contribution >= 0.6 is 0 Å². The lowest BCUT2D eigenvalue weighted by atomic mass is 10.1. The summed E-state index contributed by atoms with van der Waals surface area (Å²) in [6, 6.07) is 16.5. The van der Waals surface area contributed by atoms with E-state index in [0.717, 1.165) is 30.8 Å². The molecule has 0 bridgehead atoms. The zero-order valence-electron chi connectivity index (χ0n) is 20.1. The van der Waals surface area contributed by atoms with Gasteiger partial charge in [0, 0.05) is 43.8 Å². The lowest BCUT2D eigenvalue weighted by Gasteiger charge is -2.21. The number of rotatable bonds is 11. The number of oxazole rings is 1. The summed E-state index contributed by atoms with van der Waals surface area (Å²) in [5.74, 6) is 1.28. The van der Waals surface area contributed by atoms with Gasteiger partial charge in [-0.25, -0.2) is 4.98 Å². The fourth-order valence-electron chi connectivity index (χ4n) is 3.96. The molecule has 0 radical (unpaired) electrons. The molecular weight excluding hydrogens is 428 g/mol. The van der Waals surface area contributed by atoms with Gasteiger partial charge < -0.3 is 19.0 Å². The molecular formula is C27H32N4O3. The predicted molar refractivity (Wildman–Crippen MR) is 133 cm³/mol. The summed E-state index contributed by atoms with van der Waals surface area (Å²) in [5.41, 5.74) is 3.94. The molecule has 0 saturated carbocycles. The summed E-state index contributed by atoms with van der Waals surface area (Å²) in [6.45, 7) is 7.24. The summed E-state index contributed by atoms with van der Waals surface area (Å²) >= 11 is 0. The normalized spacial score (nSPS) is 11.3. The van der Waals surface area contributed by atoms with Crippen molar-refractivity contribution in [1.29, 1.82) is 0 Å². The highest BCUT2D eigenvalue weighted by Gasteiger charge is 2.18. The van der Waals surface area contributed by atoms with Crippen LogP contribution in [0, 0.1) is 0 Å². The number of aromatic nitrogens is 2. The molecule has 2 aromatic carbocycles. The van der Waals surface area contributed by atoms with Gasteiger partial charge in [0.05, 0.1) is 13.2 Å². The van der Waals surface area contributed by atoms with Crippen molar-refractivity contribution in [3.63, 3.8) is 0 Å². The number of ether oxygens (including phenoxy) is 1. The van der Waals surface area contributed by atoms with Crippen LogP contribution in [0.3, 0.4) is 0 Å². The Morgan fingerprint density at radius 3 is 2.65 bits per heavy atom. The number of carbonyl (C=O) groups is 1. The second-order valence-electron chi connectivity index (χ2n) is 8.34. The molecule has 0 aliphatic rings. The van der Waals surface area contributed by atoms with Crippen LogP contribution in [0.4, 0.5) is 0 Å². The molecule has 7 nitrogen and oxygen atoms in total. The Balaban J connectivity index is 1.50. The van der Waals surface area contributed by atoms with E-state index in [0.29, 0.717) is 31.3 Å². The van der Waals surface area contributed by atoms with Crippen molar-refractivity contribution in [3.8, 4) is 5.75 Å². The number of para-hydroxylation sites is 1. The highest BCUT2D eigenvalue weighted by molar-refractivity contribution is 5.91. The average molecular weight is 461 g/mol. The van der Waals surface area contributed by atoms with E-state index in [9.17, 15) is 4.79 Å². The molecule has 2 aromatic heterocycles. The maximum Gasteiger partial charge on any atom is 0.275 e. The first-order valence-corrected chi connectivity index (χ1v) is 11.8. The minimum atomic E-state index is -0.130. The monoisotopic (exact) mass is 460 g/mol. The quantitative estimate of drug-likeness (QED) is 0.345. The van der Waals surface area contributed by atoms with Gasteiger partial charge in [0.25, 0.3) is 5.91 Å². The Morgan fingerprint density at radius 2 is 1.88 bits per heavy atom. The molecule has 4 aromatic rings. The first-order valence-electron chi connectivity index (χ1n) is 11.8. The van der Waals surface area contributed by atoms with Gasteiger partial charge in [-0.2, -0.15) is 0 Å². The van der Waals surface area contributed by atoms with Crippen LogP contribution in [0.15, 0.2) is 65.4 Å². The molecule has 0 saturated heterocycles. The van der Waals surface area contributed by atoms with Gasteiger partial charge in [-0.15, -0.1) is 0 Å². The zero-order valence-corrected chi connectivity index (χ0v) is 20.1. The minimum Gasteiger partial charge on any atom is -0.494 e. The summed E-state index contributed by atoms with van der Waals surface area (Å²) in [4.78, 5) is 24.2. The van der Waals surface area contributed by atoms with Crippen LogP contribution in [0.2, 0.25) is 0 Å². The largest absolute Gasteiger partial charge is 0.494 e. The third-order valence-electron chi connectivity index (χ3n) is 5.96. The van der Waals surface area contributed by atoms with Gasteiger partial charge >= 0.3 is 0 Å².